The molecular weight excluding hydrogens is 507 g/mol. The van der Waals surface area contributed by atoms with Crippen LogP contribution in [-0.4, -0.2) is 66.4 Å². The molecule has 29 heavy (non-hydrogen) atoms. The summed E-state index contributed by atoms with van der Waals surface area (Å²) in [6.07, 6.45) is 0. The van der Waals surface area contributed by atoms with Crippen LogP contribution < -0.4 is 10.6 Å². The lowest BCUT2D eigenvalue weighted by atomic mass is 10.2. The zero-order chi connectivity index (χ0) is 19.8. The van der Waals surface area contributed by atoms with Gasteiger partial charge in [0.2, 0.25) is 11.7 Å². The Bertz CT molecular complexity index is 782. The largest absolute Gasteiger partial charge is 0.379 e. The van der Waals surface area contributed by atoms with E-state index in [9.17, 15) is 0 Å². The second-order valence-corrected chi connectivity index (χ2v) is 7.03. The molecule has 1 atom stereocenters. The van der Waals surface area contributed by atoms with Gasteiger partial charge >= 0.3 is 0 Å². The predicted octanol–water partition coefficient (Wildman–Crippen LogP) is 2.78. The minimum Gasteiger partial charge on any atom is -0.379 e. The summed E-state index contributed by atoms with van der Waals surface area (Å²) in [4.78, 5) is 11.4. The van der Waals surface area contributed by atoms with Crippen LogP contribution in [0.15, 0.2) is 33.8 Å². The van der Waals surface area contributed by atoms with E-state index in [1.54, 1.807) is 6.07 Å². The molecule has 0 radical (unpaired) electrons. The second-order valence-electron chi connectivity index (χ2n) is 6.60. The van der Waals surface area contributed by atoms with Gasteiger partial charge in [0.15, 0.2) is 5.96 Å². The van der Waals surface area contributed by atoms with Gasteiger partial charge in [-0.2, -0.15) is 4.98 Å². The number of hydrogen-bond acceptors (Lipinski definition) is 6. The zero-order valence-electron chi connectivity index (χ0n) is 16.7. The molecular formula is C19H28ClIN6O2. The maximum absolute atomic E-state index is 6.02. The van der Waals surface area contributed by atoms with Gasteiger partial charge < -0.3 is 19.9 Å². The summed E-state index contributed by atoms with van der Waals surface area (Å²) < 4.78 is 10.7. The fourth-order valence-electron chi connectivity index (χ4n) is 2.94. The summed E-state index contributed by atoms with van der Waals surface area (Å²) in [5.74, 6) is 1.69. The molecule has 0 saturated carbocycles. The Kier molecular flexibility index (Phi) is 10.1. The van der Waals surface area contributed by atoms with E-state index in [0.29, 0.717) is 29.3 Å². The van der Waals surface area contributed by atoms with Crippen LogP contribution in [0.3, 0.4) is 0 Å². The molecule has 0 amide bonds. The summed E-state index contributed by atoms with van der Waals surface area (Å²) in [6.45, 7) is 9.63. The number of morpholine rings is 1. The first-order valence-electron chi connectivity index (χ1n) is 9.58. The smallest absolute Gasteiger partial charge is 0.248 e. The van der Waals surface area contributed by atoms with Crippen molar-refractivity contribution in [1.29, 1.82) is 0 Å². The molecule has 160 valence electrons. The van der Waals surface area contributed by atoms with Crippen LogP contribution in [0.5, 0.6) is 0 Å². The molecule has 2 heterocycles. The van der Waals surface area contributed by atoms with E-state index in [1.807, 2.05) is 25.1 Å². The van der Waals surface area contributed by atoms with E-state index < -0.39 is 0 Å². The van der Waals surface area contributed by atoms with Crippen molar-refractivity contribution in [2.45, 2.75) is 26.4 Å². The van der Waals surface area contributed by atoms with Gasteiger partial charge in [0, 0.05) is 42.8 Å². The summed E-state index contributed by atoms with van der Waals surface area (Å²) >= 11 is 6.02. The number of nitrogens with zero attached hydrogens (tertiary/aromatic N) is 4. The molecule has 0 spiro atoms. The average molecular weight is 535 g/mol. The van der Waals surface area contributed by atoms with E-state index in [4.69, 9.17) is 20.9 Å². The molecule has 1 aliphatic heterocycles. The third kappa shape index (κ3) is 7.40. The van der Waals surface area contributed by atoms with E-state index in [1.165, 1.54) is 0 Å². The van der Waals surface area contributed by atoms with Gasteiger partial charge in [-0.3, -0.25) is 4.90 Å². The number of ether oxygens (including phenoxy) is 1. The number of aliphatic imine (C=N–C) groups is 1. The highest BCUT2D eigenvalue weighted by Gasteiger charge is 2.17. The van der Waals surface area contributed by atoms with Crippen LogP contribution in [0.2, 0.25) is 5.02 Å². The highest BCUT2D eigenvalue weighted by Crippen LogP contribution is 2.20. The van der Waals surface area contributed by atoms with E-state index >= 15 is 0 Å². The quantitative estimate of drug-likeness (QED) is 0.321. The predicted molar refractivity (Wildman–Crippen MR) is 125 cm³/mol. The van der Waals surface area contributed by atoms with Crippen LogP contribution in [0.25, 0.3) is 11.4 Å². The van der Waals surface area contributed by atoms with Gasteiger partial charge in [-0.25, -0.2) is 4.99 Å². The molecule has 1 unspecified atom stereocenters. The Hall–Kier alpha value is -1.43. The lowest BCUT2D eigenvalue weighted by molar-refractivity contribution is 0.0211. The van der Waals surface area contributed by atoms with Crippen molar-refractivity contribution >= 4 is 41.5 Å². The molecule has 2 aromatic rings. The molecule has 0 bridgehead atoms. The lowest BCUT2D eigenvalue weighted by Gasteiger charge is -2.32. The third-order valence-electron chi connectivity index (χ3n) is 4.50. The topological polar surface area (TPSA) is 87.8 Å². The molecule has 3 rings (SSSR count). The van der Waals surface area contributed by atoms with Crippen molar-refractivity contribution in [2.24, 2.45) is 4.99 Å². The lowest BCUT2D eigenvalue weighted by Crippen LogP contribution is -2.49. The van der Waals surface area contributed by atoms with Crippen LogP contribution >= 0.6 is 35.6 Å². The normalized spacial score (nSPS) is 16.2. The SMILES string of the molecule is CCNC(=NCc1nc(-c2cccc(Cl)c2)no1)NCC(C)N1CCOCC1.I. The number of nitrogens with one attached hydrogen (secondary N) is 2. The van der Waals surface area contributed by atoms with Crippen molar-refractivity contribution in [3.8, 4) is 11.4 Å². The molecule has 1 aromatic heterocycles. The first-order valence-corrected chi connectivity index (χ1v) is 9.96. The van der Waals surface area contributed by atoms with Gasteiger partial charge in [-0.05, 0) is 26.0 Å². The fourth-order valence-corrected chi connectivity index (χ4v) is 3.13. The monoisotopic (exact) mass is 534 g/mol. The van der Waals surface area contributed by atoms with E-state index in [0.717, 1.165) is 50.9 Å². The summed E-state index contributed by atoms with van der Waals surface area (Å²) in [6, 6.07) is 7.75. The minimum atomic E-state index is 0. The van der Waals surface area contributed by atoms with Gasteiger partial charge in [0.05, 0.1) is 13.2 Å². The van der Waals surface area contributed by atoms with Crippen LogP contribution in [0.4, 0.5) is 0 Å². The van der Waals surface area contributed by atoms with E-state index in [-0.39, 0.29) is 24.0 Å². The highest BCUT2D eigenvalue weighted by atomic mass is 127. The molecule has 1 saturated heterocycles. The maximum Gasteiger partial charge on any atom is 0.248 e. The number of halogens is 2. The molecule has 2 N–H and O–H groups in total. The third-order valence-corrected chi connectivity index (χ3v) is 4.74. The van der Waals surface area contributed by atoms with Gasteiger partial charge in [0.1, 0.15) is 6.54 Å². The van der Waals surface area contributed by atoms with Crippen LogP contribution in [0, 0.1) is 0 Å². The number of guanidine groups is 1. The molecule has 0 aliphatic carbocycles. The number of benzene rings is 1. The Balaban J connectivity index is 0.00000300. The number of rotatable bonds is 7. The minimum absolute atomic E-state index is 0. The Morgan fingerprint density at radius 3 is 2.83 bits per heavy atom. The average Bonchev–Trinajstić information content (AvgIpc) is 3.19. The number of aromatic nitrogens is 2. The molecule has 10 heteroatoms. The summed E-state index contributed by atoms with van der Waals surface area (Å²) in [7, 11) is 0. The first kappa shape index (κ1) is 23.8. The van der Waals surface area contributed by atoms with Crippen molar-refractivity contribution in [3.05, 3.63) is 35.2 Å². The Morgan fingerprint density at radius 1 is 1.31 bits per heavy atom. The first-order chi connectivity index (χ1) is 13.7. The summed E-state index contributed by atoms with van der Waals surface area (Å²) in [5, 5.41) is 11.3. The van der Waals surface area contributed by atoms with Crippen LogP contribution in [0.1, 0.15) is 19.7 Å². The van der Waals surface area contributed by atoms with Gasteiger partial charge in [-0.1, -0.05) is 28.9 Å². The zero-order valence-corrected chi connectivity index (χ0v) is 19.8. The molecule has 8 nitrogen and oxygen atoms in total. The Labute approximate surface area is 193 Å². The number of hydrogen-bond donors (Lipinski definition) is 2. The molecule has 1 fully saturated rings. The van der Waals surface area contributed by atoms with Gasteiger partial charge in [0.25, 0.3) is 0 Å². The molecule has 1 aromatic carbocycles. The summed E-state index contributed by atoms with van der Waals surface area (Å²) in [5.41, 5.74) is 0.816. The fraction of sp³-hybridized carbons (Fsp3) is 0.526. The van der Waals surface area contributed by atoms with Crippen molar-refractivity contribution in [1.82, 2.24) is 25.7 Å². The Morgan fingerprint density at radius 2 is 2.10 bits per heavy atom. The van der Waals surface area contributed by atoms with Crippen molar-refractivity contribution in [2.75, 3.05) is 39.4 Å². The van der Waals surface area contributed by atoms with Crippen molar-refractivity contribution in [3.63, 3.8) is 0 Å². The van der Waals surface area contributed by atoms with Gasteiger partial charge in [-0.15, -0.1) is 24.0 Å². The maximum atomic E-state index is 6.02. The molecule has 1 aliphatic rings. The highest BCUT2D eigenvalue weighted by molar-refractivity contribution is 14.0. The standard InChI is InChI=1S/C19H27ClN6O2.HI/c1-3-21-19(22-12-14(2)26-7-9-27-10-8-26)23-13-17-24-18(25-28-17)15-5-4-6-16(20)11-15;/h4-6,11,14H,3,7-10,12-13H2,1-2H3,(H2,21,22,23);1H. The second kappa shape index (κ2) is 12.3. The van der Waals surface area contributed by atoms with Crippen molar-refractivity contribution < 1.29 is 9.26 Å². The van der Waals surface area contributed by atoms with E-state index in [2.05, 4.69) is 37.6 Å². The van der Waals surface area contributed by atoms with Crippen LogP contribution in [-0.2, 0) is 11.3 Å².